The summed E-state index contributed by atoms with van der Waals surface area (Å²) in [5, 5.41) is 0. The number of hydrogen-bond donors (Lipinski definition) is 0. The van der Waals surface area contributed by atoms with Crippen molar-refractivity contribution in [1.82, 2.24) is 0 Å². The van der Waals surface area contributed by atoms with Gasteiger partial charge in [0.2, 0.25) is 0 Å². The molecule has 0 fully saturated rings. The molecule has 0 radical (unpaired) electrons. The minimum Gasteiger partial charge on any atom is -0.224 e. The summed E-state index contributed by atoms with van der Waals surface area (Å²) >= 11 is 0. The molecular formula is C42H54O2. The molecule has 0 saturated heterocycles. The van der Waals surface area contributed by atoms with Crippen molar-refractivity contribution in [2.24, 2.45) is 11.8 Å². The van der Waals surface area contributed by atoms with Crippen LogP contribution in [0.1, 0.15) is 103 Å². The lowest BCUT2D eigenvalue weighted by Gasteiger charge is -2.50. The fourth-order valence-electron chi connectivity index (χ4n) is 7.69. The van der Waals surface area contributed by atoms with Crippen LogP contribution in [-0.2, 0) is 31.8 Å². The first-order chi connectivity index (χ1) is 21.0. The molecule has 0 bridgehead atoms. The van der Waals surface area contributed by atoms with Crippen molar-refractivity contribution in [2.75, 3.05) is 0 Å². The van der Waals surface area contributed by atoms with Gasteiger partial charge >= 0.3 is 0 Å². The maximum Gasteiger partial charge on any atom is 0.129 e. The third-order valence-corrected chi connectivity index (χ3v) is 10.3. The summed E-state index contributed by atoms with van der Waals surface area (Å²) in [5.74, 6) is 0.271. The second kappa shape index (κ2) is 14.3. The van der Waals surface area contributed by atoms with Gasteiger partial charge in [-0.25, -0.2) is 9.78 Å². The number of benzene rings is 4. The van der Waals surface area contributed by atoms with Gasteiger partial charge in [0.1, 0.15) is 11.2 Å². The number of rotatable bonds is 15. The standard InChI is InChI=1S/C42H54O2/c1-9-23-37(39(3,4)33-25-15-11-16-26-33)41(7,35-29-19-13-20-30-35)43-44-42(8,36-31-21-14-22-32-36)38(24-10-2)40(5,6)34-27-17-12-18-28-34/h11-22,25-32,37-38H,9-10,23-24H2,1-8H3. The predicted molar refractivity (Wildman–Crippen MR) is 185 cm³/mol. The van der Waals surface area contributed by atoms with Gasteiger partial charge in [0.25, 0.3) is 0 Å². The van der Waals surface area contributed by atoms with Crippen LogP contribution in [0.4, 0.5) is 0 Å². The maximum atomic E-state index is 7.12. The lowest BCUT2D eigenvalue weighted by atomic mass is 9.62. The Bertz CT molecular complexity index is 1290. The summed E-state index contributed by atoms with van der Waals surface area (Å²) in [7, 11) is 0. The van der Waals surface area contributed by atoms with Crippen molar-refractivity contribution in [1.29, 1.82) is 0 Å². The van der Waals surface area contributed by atoms with Crippen molar-refractivity contribution >= 4 is 0 Å². The van der Waals surface area contributed by atoms with Crippen LogP contribution >= 0.6 is 0 Å². The van der Waals surface area contributed by atoms with E-state index in [1.54, 1.807) is 0 Å². The van der Waals surface area contributed by atoms with Gasteiger partial charge in [-0.05, 0) is 59.8 Å². The summed E-state index contributed by atoms with van der Waals surface area (Å²) in [4.78, 5) is 14.2. The molecule has 4 aromatic carbocycles. The van der Waals surface area contributed by atoms with E-state index in [1.807, 2.05) is 0 Å². The second-order valence-corrected chi connectivity index (χ2v) is 14.0. The highest BCUT2D eigenvalue weighted by atomic mass is 17.2. The van der Waals surface area contributed by atoms with Crippen molar-refractivity contribution in [3.8, 4) is 0 Å². The lowest BCUT2D eigenvalue weighted by molar-refractivity contribution is -0.441. The van der Waals surface area contributed by atoms with E-state index < -0.39 is 11.2 Å². The summed E-state index contributed by atoms with van der Waals surface area (Å²) < 4.78 is 0. The molecule has 0 heterocycles. The van der Waals surface area contributed by atoms with E-state index in [1.165, 1.54) is 11.1 Å². The predicted octanol–water partition coefficient (Wildman–Crippen LogP) is 11.6. The van der Waals surface area contributed by atoms with E-state index in [-0.39, 0.29) is 22.7 Å². The Morgan fingerprint density at radius 2 is 0.659 bits per heavy atom. The van der Waals surface area contributed by atoms with Crippen LogP contribution in [0.15, 0.2) is 121 Å². The summed E-state index contributed by atoms with van der Waals surface area (Å²) in [6, 6.07) is 43.2. The van der Waals surface area contributed by atoms with E-state index in [9.17, 15) is 0 Å². The molecule has 44 heavy (non-hydrogen) atoms. The van der Waals surface area contributed by atoms with Gasteiger partial charge in [0.15, 0.2) is 0 Å². The molecule has 0 N–H and O–H groups in total. The zero-order chi connectivity index (χ0) is 31.8. The molecule has 0 spiro atoms. The summed E-state index contributed by atoms with van der Waals surface area (Å²) in [5.41, 5.74) is 3.08. The third kappa shape index (κ3) is 6.87. The normalized spacial score (nSPS) is 16.5. The third-order valence-electron chi connectivity index (χ3n) is 10.3. The first-order valence-electron chi connectivity index (χ1n) is 16.6. The van der Waals surface area contributed by atoms with E-state index in [0.29, 0.717) is 0 Å². The average Bonchev–Trinajstić information content (AvgIpc) is 3.06. The van der Waals surface area contributed by atoms with Crippen LogP contribution in [0.5, 0.6) is 0 Å². The molecule has 4 unspecified atom stereocenters. The number of hydrogen-bond acceptors (Lipinski definition) is 2. The largest absolute Gasteiger partial charge is 0.224 e. The molecule has 4 aromatic rings. The quantitative estimate of drug-likeness (QED) is 0.101. The Morgan fingerprint density at radius 1 is 0.409 bits per heavy atom. The molecule has 0 amide bonds. The van der Waals surface area contributed by atoms with Gasteiger partial charge in [0.05, 0.1) is 0 Å². The SMILES string of the molecule is CCCC(C(C)(C)c1ccccc1)C(C)(OOC(C)(c1ccccc1)C(CCC)C(C)(C)c1ccccc1)c1ccccc1. The van der Waals surface area contributed by atoms with E-state index in [2.05, 4.69) is 177 Å². The molecule has 0 aromatic heterocycles. The highest BCUT2D eigenvalue weighted by Crippen LogP contribution is 2.52. The Balaban J connectivity index is 1.87. The molecule has 0 aliphatic heterocycles. The Hall–Kier alpha value is -3.20. The van der Waals surface area contributed by atoms with Crippen LogP contribution in [0.3, 0.4) is 0 Å². The Morgan fingerprint density at radius 3 is 0.909 bits per heavy atom. The highest BCUT2D eigenvalue weighted by Gasteiger charge is 2.51. The van der Waals surface area contributed by atoms with Gasteiger partial charge in [-0.3, -0.25) is 0 Å². The van der Waals surface area contributed by atoms with Gasteiger partial charge in [-0.15, -0.1) is 0 Å². The molecule has 0 aliphatic rings. The molecule has 234 valence electrons. The fraction of sp³-hybridized carbons (Fsp3) is 0.429. The molecular weight excluding hydrogens is 536 g/mol. The van der Waals surface area contributed by atoms with Gasteiger partial charge in [-0.1, -0.05) is 176 Å². The van der Waals surface area contributed by atoms with E-state index >= 15 is 0 Å². The zero-order valence-corrected chi connectivity index (χ0v) is 28.3. The first kappa shape index (κ1) is 33.7. The van der Waals surface area contributed by atoms with E-state index in [0.717, 1.165) is 36.8 Å². The fourth-order valence-corrected chi connectivity index (χ4v) is 7.69. The highest BCUT2D eigenvalue weighted by molar-refractivity contribution is 5.32. The van der Waals surface area contributed by atoms with Crippen molar-refractivity contribution in [3.63, 3.8) is 0 Å². The van der Waals surface area contributed by atoms with Crippen LogP contribution < -0.4 is 0 Å². The Labute approximate surface area is 267 Å². The maximum absolute atomic E-state index is 7.12. The second-order valence-electron chi connectivity index (χ2n) is 14.0. The van der Waals surface area contributed by atoms with Crippen LogP contribution in [0.25, 0.3) is 0 Å². The van der Waals surface area contributed by atoms with Crippen LogP contribution in [0, 0.1) is 11.8 Å². The topological polar surface area (TPSA) is 18.5 Å². The molecule has 4 atom stereocenters. The smallest absolute Gasteiger partial charge is 0.129 e. The molecule has 4 rings (SSSR count). The average molecular weight is 591 g/mol. The Kier molecular flexibility index (Phi) is 10.9. The minimum absolute atomic E-state index is 0.136. The van der Waals surface area contributed by atoms with Crippen molar-refractivity contribution < 1.29 is 9.78 Å². The van der Waals surface area contributed by atoms with Gasteiger partial charge in [0, 0.05) is 11.8 Å². The molecule has 2 nitrogen and oxygen atoms in total. The van der Waals surface area contributed by atoms with Crippen LogP contribution in [0.2, 0.25) is 0 Å². The van der Waals surface area contributed by atoms with Crippen molar-refractivity contribution in [2.45, 2.75) is 103 Å². The summed E-state index contributed by atoms with van der Waals surface area (Å²) in [6.07, 6.45) is 4.07. The lowest BCUT2D eigenvalue weighted by Crippen LogP contribution is -2.50. The van der Waals surface area contributed by atoms with Gasteiger partial charge in [-0.2, -0.15) is 0 Å². The molecule has 2 heteroatoms. The van der Waals surface area contributed by atoms with Crippen molar-refractivity contribution in [3.05, 3.63) is 144 Å². The zero-order valence-electron chi connectivity index (χ0n) is 28.3. The van der Waals surface area contributed by atoms with E-state index in [4.69, 9.17) is 9.78 Å². The molecule has 0 saturated carbocycles. The molecule has 0 aliphatic carbocycles. The summed E-state index contributed by atoms with van der Waals surface area (Å²) in [6.45, 7) is 18.5. The first-order valence-corrected chi connectivity index (χ1v) is 16.6. The monoisotopic (exact) mass is 590 g/mol. The minimum atomic E-state index is -0.722. The van der Waals surface area contributed by atoms with Crippen LogP contribution in [-0.4, -0.2) is 0 Å². The van der Waals surface area contributed by atoms with Gasteiger partial charge < -0.3 is 0 Å².